The fourth-order valence-corrected chi connectivity index (χ4v) is 1.92. The highest BCUT2D eigenvalue weighted by Gasteiger charge is 2.13. The van der Waals surface area contributed by atoms with Crippen LogP contribution in [0.5, 0.6) is 5.88 Å². The van der Waals surface area contributed by atoms with Crippen LogP contribution in [-0.2, 0) is 0 Å². The number of ether oxygens (including phenoxy) is 1. The van der Waals surface area contributed by atoms with Gasteiger partial charge in [0.15, 0.2) is 0 Å². The Hall–Kier alpha value is -2.89. The topological polar surface area (TPSA) is 68.5 Å². The number of carbonyl (C=O) groups is 1. The maximum absolute atomic E-state index is 12.2. The third-order valence-electron chi connectivity index (χ3n) is 2.87. The van der Waals surface area contributed by atoms with E-state index in [0.717, 1.165) is 5.52 Å². The van der Waals surface area contributed by atoms with Crippen LogP contribution < -0.4 is 10.1 Å². The van der Waals surface area contributed by atoms with Crippen LogP contribution >= 0.6 is 0 Å². The molecule has 0 radical (unpaired) electrons. The highest BCUT2D eigenvalue weighted by Crippen LogP contribution is 2.17. The maximum Gasteiger partial charge on any atom is 0.261 e. The molecule has 1 N–H and O–H groups in total. The Morgan fingerprint density at radius 3 is 3.05 bits per heavy atom. The molecule has 0 aliphatic rings. The summed E-state index contributed by atoms with van der Waals surface area (Å²) in [4.78, 5) is 16.2. The Labute approximate surface area is 115 Å². The van der Waals surface area contributed by atoms with E-state index in [0.29, 0.717) is 17.1 Å². The second kappa shape index (κ2) is 5.00. The lowest BCUT2D eigenvalue weighted by atomic mass is 10.2. The van der Waals surface area contributed by atoms with E-state index in [-0.39, 0.29) is 5.91 Å². The molecule has 0 bridgehead atoms. The zero-order valence-corrected chi connectivity index (χ0v) is 10.8. The third kappa shape index (κ3) is 2.18. The van der Waals surface area contributed by atoms with E-state index in [2.05, 4.69) is 15.4 Å². The smallest absolute Gasteiger partial charge is 0.261 e. The van der Waals surface area contributed by atoms with Crippen LogP contribution in [0, 0.1) is 0 Å². The number of carbonyl (C=O) groups excluding carboxylic acids is 1. The van der Waals surface area contributed by atoms with Gasteiger partial charge in [-0.2, -0.15) is 5.10 Å². The van der Waals surface area contributed by atoms with Gasteiger partial charge in [0.1, 0.15) is 5.56 Å². The third-order valence-corrected chi connectivity index (χ3v) is 2.87. The molecule has 3 aromatic heterocycles. The molecular formula is C14H12N4O2. The standard InChI is InChI=1S/C14H12N4O2/c1-20-14-12(3-2-6-15-14)13(19)17-10-5-8-18-11(9-10)4-7-16-18/h2-9H,1H3,(H,17,19). The summed E-state index contributed by atoms with van der Waals surface area (Å²) in [5, 5.41) is 6.91. The van der Waals surface area contributed by atoms with Gasteiger partial charge < -0.3 is 10.1 Å². The highest BCUT2D eigenvalue weighted by atomic mass is 16.5. The summed E-state index contributed by atoms with van der Waals surface area (Å²) in [7, 11) is 1.48. The van der Waals surface area contributed by atoms with Crippen molar-refractivity contribution >= 4 is 17.1 Å². The van der Waals surface area contributed by atoms with Crippen molar-refractivity contribution in [3.8, 4) is 5.88 Å². The normalized spacial score (nSPS) is 10.4. The molecule has 3 aromatic rings. The van der Waals surface area contributed by atoms with Gasteiger partial charge in [-0.25, -0.2) is 9.50 Å². The van der Waals surface area contributed by atoms with Crippen LogP contribution in [0.1, 0.15) is 10.4 Å². The van der Waals surface area contributed by atoms with Gasteiger partial charge in [-0.15, -0.1) is 0 Å². The predicted octanol–water partition coefficient (Wildman–Crippen LogP) is 1.99. The molecule has 3 rings (SSSR count). The molecular weight excluding hydrogens is 256 g/mol. The molecule has 0 aliphatic carbocycles. The summed E-state index contributed by atoms with van der Waals surface area (Å²) in [6.45, 7) is 0. The number of hydrogen-bond donors (Lipinski definition) is 1. The molecule has 1 amide bonds. The van der Waals surface area contributed by atoms with E-state index in [4.69, 9.17) is 4.74 Å². The van der Waals surface area contributed by atoms with Crippen molar-refractivity contribution in [1.82, 2.24) is 14.6 Å². The molecule has 100 valence electrons. The van der Waals surface area contributed by atoms with Crippen molar-refractivity contribution in [2.24, 2.45) is 0 Å². The average Bonchev–Trinajstić information content (AvgIpc) is 2.94. The lowest BCUT2D eigenvalue weighted by Gasteiger charge is -2.08. The first kappa shape index (κ1) is 12.2. The molecule has 3 heterocycles. The molecule has 0 atom stereocenters. The van der Waals surface area contributed by atoms with E-state index < -0.39 is 0 Å². The van der Waals surface area contributed by atoms with Crippen LogP contribution in [0.3, 0.4) is 0 Å². The molecule has 0 saturated heterocycles. The second-order valence-corrected chi connectivity index (χ2v) is 4.13. The van der Waals surface area contributed by atoms with Gasteiger partial charge in [0.05, 0.1) is 12.6 Å². The van der Waals surface area contributed by atoms with Crippen LogP contribution in [0.2, 0.25) is 0 Å². The van der Waals surface area contributed by atoms with Gasteiger partial charge in [0, 0.05) is 24.3 Å². The van der Waals surface area contributed by atoms with Gasteiger partial charge in [-0.1, -0.05) is 0 Å². The van der Waals surface area contributed by atoms with Crippen LogP contribution in [0.15, 0.2) is 48.9 Å². The van der Waals surface area contributed by atoms with Crippen molar-refractivity contribution < 1.29 is 9.53 Å². The summed E-state index contributed by atoms with van der Waals surface area (Å²) in [5.41, 5.74) is 1.98. The summed E-state index contributed by atoms with van der Waals surface area (Å²) >= 11 is 0. The van der Waals surface area contributed by atoms with Crippen LogP contribution in [0.4, 0.5) is 5.69 Å². The number of aromatic nitrogens is 3. The Kier molecular flexibility index (Phi) is 3.04. The summed E-state index contributed by atoms with van der Waals surface area (Å²) in [6, 6.07) is 8.84. The monoisotopic (exact) mass is 268 g/mol. The fraction of sp³-hybridized carbons (Fsp3) is 0.0714. The molecule has 0 fully saturated rings. The van der Waals surface area contributed by atoms with Gasteiger partial charge in [0.25, 0.3) is 5.91 Å². The maximum atomic E-state index is 12.2. The number of methoxy groups -OCH3 is 1. The fourth-order valence-electron chi connectivity index (χ4n) is 1.92. The number of amides is 1. The van der Waals surface area contributed by atoms with Gasteiger partial charge >= 0.3 is 0 Å². The number of fused-ring (bicyclic) bond motifs is 1. The van der Waals surface area contributed by atoms with Crippen molar-refractivity contribution in [2.45, 2.75) is 0 Å². The Balaban J connectivity index is 1.88. The van der Waals surface area contributed by atoms with Crippen LogP contribution in [0.25, 0.3) is 5.52 Å². The number of hydrogen-bond acceptors (Lipinski definition) is 4. The molecule has 6 nitrogen and oxygen atoms in total. The van der Waals surface area contributed by atoms with Crippen molar-refractivity contribution in [3.05, 3.63) is 54.5 Å². The zero-order valence-electron chi connectivity index (χ0n) is 10.8. The number of pyridine rings is 2. The largest absolute Gasteiger partial charge is 0.480 e. The molecule has 0 aliphatic heterocycles. The van der Waals surface area contributed by atoms with E-state index in [9.17, 15) is 4.79 Å². The lowest BCUT2D eigenvalue weighted by Crippen LogP contribution is -2.13. The first-order chi connectivity index (χ1) is 9.78. The van der Waals surface area contributed by atoms with E-state index in [1.54, 1.807) is 41.3 Å². The minimum Gasteiger partial charge on any atom is -0.480 e. The quantitative estimate of drug-likeness (QED) is 0.788. The molecule has 20 heavy (non-hydrogen) atoms. The second-order valence-electron chi connectivity index (χ2n) is 4.13. The first-order valence-electron chi connectivity index (χ1n) is 6.02. The Morgan fingerprint density at radius 2 is 2.20 bits per heavy atom. The van der Waals surface area contributed by atoms with E-state index in [1.165, 1.54) is 7.11 Å². The SMILES string of the molecule is COc1ncccc1C(=O)Nc1ccn2nccc2c1. The van der Waals surface area contributed by atoms with E-state index >= 15 is 0 Å². The van der Waals surface area contributed by atoms with Crippen molar-refractivity contribution in [3.63, 3.8) is 0 Å². The van der Waals surface area contributed by atoms with Crippen molar-refractivity contribution in [1.29, 1.82) is 0 Å². The number of nitrogens with one attached hydrogen (secondary N) is 1. The lowest BCUT2D eigenvalue weighted by molar-refractivity contribution is 0.102. The van der Waals surface area contributed by atoms with Gasteiger partial charge in [0.2, 0.25) is 5.88 Å². The molecule has 0 aromatic carbocycles. The molecule has 0 unspecified atom stereocenters. The van der Waals surface area contributed by atoms with Gasteiger partial charge in [-0.05, 0) is 30.3 Å². The summed E-state index contributed by atoms with van der Waals surface area (Å²) < 4.78 is 6.80. The van der Waals surface area contributed by atoms with Gasteiger partial charge in [-0.3, -0.25) is 4.79 Å². The number of rotatable bonds is 3. The highest BCUT2D eigenvalue weighted by molar-refractivity contribution is 6.06. The summed E-state index contributed by atoms with van der Waals surface area (Å²) in [5.74, 6) is 0.0363. The first-order valence-corrected chi connectivity index (χ1v) is 6.02. The minimum absolute atomic E-state index is 0.265. The zero-order chi connectivity index (χ0) is 13.9. The Bertz CT molecular complexity index is 766. The predicted molar refractivity (Wildman–Crippen MR) is 73.9 cm³/mol. The van der Waals surface area contributed by atoms with E-state index in [1.807, 2.05) is 12.1 Å². The molecule has 6 heteroatoms. The molecule has 0 spiro atoms. The minimum atomic E-state index is -0.265. The van der Waals surface area contributed by atoms with Crippen molar-refractivity contribution in [2.75, 3.05) is 12.4 Å². The average molecular weight is 268 g/mol. The molecule has 0 saturated carbocycles. The van der Waals surface area contributed by atoms with Crippen LogP contribution in [-0.4, -0.2) is 27.6 Å². The number of nitrogens with zero attached hydrogens (tertiary/aromatic N) is 3. The number of anilines is 1. The Morgan fingerprint density at radius 1 is 1.30 bits per heavy atom. The summed E-state index contributed by atoms with van der Waals surface area (Å²) in [6.07, 6.45) is 5.06.